The van der Waals surface area contributed by atoms with Gasteiger partial charge in [-0.15, -0.1) is 0 Å². The van der Waals surface area contributed by atoms with Crippen molar-refractivity contribution in [2.75, 3.05) is 19.6 Å². The highest BCUT2D eigenvalue weighted by molar-refractivity contribution is 8.12. The van der Waals surface area contributed by atoms with Gasteiger partial charge in [0.05, 0.1) is 0 Å². The minimum Gasteiger partial charge on any atom is -0.296 e. The largest absolute Gasteiger partial charge is 0.296 e. The highest BCUT2D eigenvalue weighted by Gasteiger charge is 2.33. The second-order valence-corrected chi connectivity index (χ2v) is 12.9. The Kier molecular flexibility index (Phi) is 8.97. The molecular weight excluding hydrogens is 496 g/mol. The smallest absolute Gasteiger partial charge is 0.171 e. The lowest BCUT2D eigenvalue weighted by atomic mass is 10.0. The molecule has 194 valence electrons. The Morgan fingerprint density at radius 3 is 2.41 bits per heavy atom. The van der Waals surface area contributed by atoms with Crippen LogP contribution in [-0.4, -0.2) is 45.4 Å². The summed E-state index contributed by atoms with van der Waals surface area (Å²) < 4.78 is 2.52. The van der Waals surface area contributed by atoms with Gasteiger partial charge in [-0.25, -0.2) is 9.10 Å². The van der Waals surface area contributed by atoms with Crippen molar-refractivity contribution in [3.8, 4) is 11.1 Å². The summed E-state index contributed by atoms with van der Waals surface area (Å²) >= 11 is 6.48. The molecule has 1 heterocycles. The third-order valence-electron chi connectivity index (χ3n) is 7.83. The van der Waals surface area contributed by atoms with E-state index in [1.165, 1.54) is 48.8 Å². The van der Waals surface area contributed by atoms with Gasteiger partial charge in [-0.2, -0.15) is 0 Å². The Morgan fingerprint density at radius 1 is 0.919 bits per heavy atom. The zero-order valence-corrected chi connectivity index (χ0v) is 23.3. The molecule has 5 rings (SSSR count). The number of halogens is 1. The number of piperazine rings is 1. The number of benzene rings is 3. The van der Waals surface area contributed by atoms with E-state index in [-0.39, 0.29) is 0 Å². The Bertz CT molecular complexity index is 1230. The quantitative estimate of drug-likeness (QED) is 0.292. The summed E-state index contributed by atoms with van der Waals surface area (Å²) in [5.41, 5.74) is 6.11. The molecule has 0 aromatic heterocycles. The monoisotopic (exact) mass is 532 g/mol. The van der Waals surface area contributed by atoms with Crippen molar-refractivity contribution < 1.29 is 4.79 Å². The molecule has 0 radical (unpaired) electrons. The second kappa shape index (κ2) is 12.6. The van der Waals surface area contributed by atoms with Crippen molar-refractivity contribution in [1.29, 1.82) is 0 Å². The van der Waals surface area contributed by atoms with Crippen LogP contribution in [0, 0.1) is 6.92 Å². The summed E-state index contributed by atoms with van der Waals surface area (Å²) in [5, 5.41) is 3.80. The fourth-order valence-electron chi connectivity index (χ4n) is 5.86. The lowest BCUT2D eigenvalue weighted by Crippen LogP contribution is -2.52. The van der Waals surface area contributed by atoms with Gasteiger partial charge in [0.15, 0.2) is 5.23 Å². The van der Waals surface area contributed by atoms with Gasteiger partial charge in [-0.1, -0.05) is 97.1 Å². The summed E-state index contributed by atoms with van der Waals surface area (Å²) in [6, 6.07) is 26.1. The van der Waals surface area contributed by atoms with Crippen LogP contribution in [0.1, 0.15) is 48.8 Å². The van der Waals surface area contributed by atoms with E-state index in [4.69, 9.17) is 11.6 Å². The van der Waals surface area contributed by atoms with Gasteiger partial charge in [0.1, 0.15) is 0 Å². The molecule has 37 heavy (non-hydrogen) atoms. The van der Waals surface area contributed by atoms with Crippen molar-refractivity contribution in [1.82, 2.24) is 9.21 Å². The van der Waals surface area contributed by atoms with Crippen LogP contribution in [0.25, 0.3) is 11.1 Å². The molecule has 2 atom stereocenters. The average molecular weight is 533 g/mol. The maximum Gasteiger partial charge on any atom is 0.171 e. The van der Waals surface area contributed by atoms with E-state index >= 15 is 0 Å². The van der Waals surface area contributed by atoms with E-state index in [0.717, 1.165) is 48.7 Å². The first kappa shape index (κ1) is 26.4. The van der Waals surface area contributed by atoms with E-state index in [0.29, 0.717) is 11.3 Å². The molecule has 3 aromatic rings. The zero-order valence-electron chi connectivity index (χ0n) is 21.7. The summed E-state index contributed by atoms with van der Waals surface area (Å²) in [7, 11) is -0.409. The lowest BCUT2D eigenvalue weighted by Gasteiger charge is -2.44. The molecule has 1 aliphatic carbocycles. The molecule has 3 aromatic carbocycles. The average Bonchev–Trinajstić information content (AvgIpc) is 2.93. The molecule has 5 heteroatoms. The lowest BCUT2D eigenvalue weighted by molar-refractivity contribution is 0.135. The molecule has 1 saturated heterocycles. The Morgan fingerprint density at radius 2 is 1.68 bits per heavy atom. The zero-order chi connectivity index (χ0) is 25.6. The number of aryl methyl sites for hydroxylation is 1. The summed E-state index contributed by atoms with van der Waals surface area (Å²) in [5.74, 6) is 0. The Labute approximate surface area is 229 Å². The van der Waals surface area contributed by atoms with Crippen LogP contribution in [0.15, 0.2) is 72.8 Å². The fourth-order valence-corrected chi connectivity index (χ4v) is 8.22. The molecular formula is C32H37ClN2OS. The highest BCUT2D eigenvalue weighted by atomic mass is 35.5. The van der Waals surface area contributed by atoms with Gasteiger partial charge in [-0.05, 0) is 65.7 Å². The first-order valence-corrected chi connectivity index (χ1v) is 15.2. The standard InChI is InChI=1S/C32H37ClN2OS/c1-25-12-17-32(33)31(20-25)28-15-13-27(14-16-28)22-34-18-19-35(37(24-36)30-10-6-3-7-11-30)29(23-34)21-26-8-4-2-5-9-26/h2,4-5,8-9,12-17,20,29-30H,3,6-7,10-11,18-19,21-23H2,1H3/t29-,37?/m0/s1. The van der Waals surface area contributed by atoms with Crippen LogP contribution in [0.5, 0.6) is 0 Å². The van der Waals surface area contributed by atoms with Gasteiger partial charge in [-0.3, -0.25) is 4.90 Å². The van der Waals surface area contributed by atoms with Crippen LogP contribution in [0.4, 0.5) is 0 Å². The molecule has 2 fully saturated rings. The molecule has 2 aliphatic rings. The highest BCUT2D eigenvalue weighted by Crippen LogP contribution is 2.38. The Hall–Kier alpha value is -2.20. The third kappa shape index (κ3) is 6.63. The molecule has 1 unspecified atom stereocenters. The van der Waals surface area contributed by atoms with E-state index < -0.39 is 10.7 Å². The van der Waals surface area contributed by atoms with Crippen LogP contribution in [0.3, 0.4) is 0 Å². The number of nitrogens with zero attached hydrogens (tertiary/aromatic N) is 2. The van der Waals surface area contributed by atoms with Crippen LogP contribution in [-0.2, 0) is 17.8 Å². The molecule has 3 nitrogen and oxygen atoms in total. The van der Waals surface area contributed by atoms with Gasteiger partial charge >= 0.3 is 0 Å². The second-order valence-electron chi connectivity index (χ2n) is 10.6. The first-order valence-electron chi connectivity index (χ1n) is 13.6. The van der Waals surface area contributed by atoms with Crippen molar-refractivity contribution in [3.63, 3.8) is 0 Å². The van der Waals surface area contributed by atoms with E-state index in [9.17, 15) is 4.79 Å². The Balaban J connectivity index is 1.31. The molecule has 0 bridgehead atoms. The molecule has 0 N–H and O–H groups in total. The number of hydrogen-bond acceptors (Lipinski definition) is 3. The fraction of sp³-hybridized carbons (Fsp3) is 0.406. The van der Waals surface area contributed by atoms with Gasteiger partial charge in [0.2, 0.25) is 0 Å². The van der Waals surface area contributed by atoms with Gasteiger partial charge < -0.3 is 0 Å². The van der Waals surface area contributed by atoms with Gasteiger partial charge in [0.25, 0.3) is 0 Å². The predicted molar refractivity (Wildman–Crippen MR) is 158 cm³/mol. The summed E-state index contributed by atoms with van der Waals surface area (Å²) in [6.07, 6.45) is 7.14. The minimum atomic E-state index is -0.409. The van der Waals surface area contributed by atoms with E-state index in [1.54, 1.807) is 0 Å². The summed E-state index contributed by atoms with van der Waals surface area (Å²) in [6.45, 7) is 5.90. The SMILES string of the molecule is Cc1ccc(Cl)c(-c2ccc(CN3CCN(S(=C=O)C4CCCCC4)[C@@H](Cc4ccccc4)C3)cc2)c1. The van der Waals surface area contributed by atoms with Gasteiger partial charge in [0, 0.05) is 48.1 Å². The van der Waals surface area contributed by atoms with Crippen molar-refractivity contribution in [2.45, 2.75) is 63.3 Å². The minimum absolute atomic E-state index is 0.327. The third-order valence-corrected chi connectivity index (χ3v) is 10.4. The van der Waals surface area contributed by atoms with Crippen molar-refractivity contribution in [2.24, 2.45) is 0 Å². The maximum atomic E-state index is 12.3. The molecule has 1 aliphatic heterocycles. The van der Waals surface area contributed by atoms with Crippen LogP contribution in [0.2, 0.25) is 5.02 Å². The van der Waals surface area contributed by atoms with E-state index in [2.05, 4.69) is 82.0 Å². The molecule has 0 spiro atoms. The molecule has 0 amide bonds. The van der Waals surface area contributed by atoms with Crippen LogP contribution < -0.4 is 0 Å². The summed E-state index contributed by atoms with van der Waals surface area (Å²) in [4.78, 5) is 14.9. The topological polar surface area (TPSA) is 23.6 Å². The maximum absolute atomic E-state index is 12.3. The number of carbonyl (C=O) groups excluding carboxylic acids is 1. The molecule has 1 saturated carbocycles. The normalized spacial score (nSPS) is 20.4. The number of hydrogen-bond donors (Lipinski definition) is 0. The number of rotatable bonds is 7. The predicted octanol–water partition coefficient (Wildman–Crippen LogP) is 7.63. The first-order chi connectivity index (χ1) is 18.1. The van der Waals surface area contributed by atoms with Crippen molar-refractivity contribution in [3.05, 3.63) is 94.5 Å². The van der Waals surface area contributed by atoms with Crippen LogP contribution >= 0.6 is 22.3 Å². The van der Waals surface area contributed by atoms with Crippen molar-refractivity contribution >= 4 is 27.5 Å². The van der Waals surface area contributed by atoms with E-state index in [1.807, 2.05) is 12.1 Å².